The van der Waals surface area contributed by atoms with E-state index < -0.39 is 18.3 Å². The van der Waals surface area contributed by atoms with Gasteiger partial charge in [-0.3, -0.25) is 0 Å². The molecule has 0 amide bonds. The van der Waals surface area contributed by atoms with Crippen molar-refractivity contribution in [2.75, 3.05) is 0 Å². The van der Waals surface area contributed by atoms with E-state index in [9.17, 15) is 19.7 Å². The van der Waals surface area contributed by atoms with Crippen molar-refractivity contribution in [1.29, 1.82) is 0 Å². The SMILES string of the molecule is CC(CCCC(O)c1ccccc1F)[C@H]1CC[C@H]2[C@@H]3CC[C@H]4[C@@H](O)[C@@H](O)CC[C@]4(C)[C@H]3CC[C@]12C. The minimum Gasteiger partial charge on any atom is -0.390 e. The highest BCUT2D eigenvalue weighted by molar-refractivity contribution is 5.19. The lowest BCUT2D eigenvalue weighted by Crippen LogP contribution is -2.58. The van der Waals surface area contributed by atoms with E-state index in [1.54, 1.807) is 18.2 Å². The van der Waals surface area contributed by atoms with Crippen LogP contribution >= 0.6 is 0 Å². The highest BCUT2D eigenvalue weighted by Gasteiger charge is 2.61. The third kappa shape index (κ3) is 4.30. The molecule has 2 unspecified atom stereocenters. The number of aliphatic hydroxyl groups is 3. The van der Waals surface area contributed by atoms with Crippen LogP contribution in [-0.4, -0.2) is 27.5 Å². The highest BCUT2D eigenvalue weighted by atomic mass is 19.1. The molecule has 4 aliphatic rings. The first-order chi connectivity index (χ1) is 16.7. The Morgan fingerprint density at radius 1 is 0.886 bits per heavy atom. The van der Waals surface area contributed by atoms with Crippen molar-refractivity contribution in [2.45, 2.75) is 110 Å². The van der Waals surface area contributed by atoms with Gasteiger partial charge in [0.25, 0.3) is 0 Å². The molecule has 0 heterocycles. The zero-order valence-corrected chi connectivity index (χ0v) is 22.0. The van der Waals surface area contributed by atoms with Crippen molar-refractivity contribution in [1.82, 2.24) is 0 Å². The lowest BCUT2D eigenvalue weighted by atomic mass is 9.44. The Morgan fingerprint density at radius 3 is 2.34 bits per heavy atom. The van der Waals surface area contributed by atoms with Gasteiger partial charge >= 0.3 is 0 Å². The zero-order valence-electron chi connectivity index (χ0n) is 22.0. The first-order valence-electron chi connectivity index (χ1n) is 14.5. The molecule has 0 aliphatic heterocycles. The van der Waals surface area contributed by atoms with Gasteiger partial charge in [0.1, 0.15) is 5.82 Å². The summed E-state index contributed by atoms with van der Waals surface area (Å²) in [5, 5.41) is 31.6. The van der Waals surface area contributed by atoms with Crippen molar-refractivity contribution in [3.8, 4) is 0 Å². The molecule has 1 aromatic rings. The summed E-state index contributed by atoms with van der Waals surface area (Å²) in [6.07, 6.45) is 10.1. The number of hydrogen-bond acceptors (Lipinski definition) is 3. The van der Waals surface area contributed by atoms with Crippen LogP contribution in [0, 0.1) is 52.2 Å². The fraction of sp³-hybridized carbons (Fsp3) is 0.806. The Bertz CT molecular complexity index is 890. The van der Waals surface area contributed by atoms with E-state index in [2.05, 4.69) is 20.8 Å². The van der Waals surface area contributed by atoms with Gasteiger partial charge in [0, 0.05) is 5.56 Å². The molecule has 3 N–H and O–H groups in total. The topological polar surface area (TPSA) is 60.7 Å². The molecule has 4 saturated carbocycles. The summed E-state index contributed by atoms with van der Waals surface area (Å²) in [5.74, 6) is 3.52. The molecule has 4 heteroatoms. The molecule has 11 atom stereocenters. The van der Waals surface area contributed by atoms with Crippen LogP contribution in [0.15, 0.2) is 24.3 Å². The maximum Gasteiger partial charge on any atom is 0.128 e. The van der Waals surface area contributed by atoms with E-state index in [0.29, 0.717) is 29.2 Å². The fourth-order valence-corrected chi connectivity index (χ4v) is 10.0. The van der Waals surface area contributed by atoms with Gasteiger partial charge in [0.15, 0.2) is 0 Å². The van der Waals surface area contributed by atoms with Crippen molar-refractivity contribution < 1.29 is 19.7 Å². The fourth-order valence-electron chi connectivity index (χ4n) is 10.0. The van der Waals surface area contributed by atoms with Crippen LogP contribution in [-0.2, 0) is 0 Å². The number of benzene rings is 1. The van der Waals surface area contributed by atoms with Gasteiger partial charge < -0.3 is 15.3 Å². The summed E-state index contributed by atoms with van der Waals surface area (Å²) >= 11 is 0. The molecule has 35 heavy (non-hydrogen) atoms. The van der Waals surface area contributed by atoms with E-state index in [0.717, 1.165) is 49.9 Å². The standard InChI is InChI=1S/C31H47FO3/c1-19(7-6-10-27(33)21-8-4-5-9-26(21)32)22-13-14-23-20-11-12-25-29(35)28(34)16-18-31(25,3)24(20)15-17-30(22,23)2/h4-5,8-9,19-20,22-25,27-29,33-35H,6-7,10-18H2,1-3H3/t19?,20-,22+,23-,24-,25-,27?,28-,29+,30+,31+/m0/s1. The van der Waals surface area contributed by atoms with E-state index in [4.69, 9.17) is 0 Å². The molecular formula is C31H47FO3. The van der Waals surface area contributed by atoms with Crippen LogP contribution in [0.4, 0.5) is 4.39 Å². The lowest BCUT2D eigenvalue weighted by Gasteiger charge is -2.62. The average molecular weight is 487 g/mol. The molecule has 4 fully saturated rings. The molecular weight excluding hydrogens is 439 g/mol. The van der Waals surface area contributed by atoms with Crippen molar-refractivity contribution >= 4 is 0 Å². The molecule has 196 valence electrons. The first-order valence-corrected chi connectivity index (χ1v) is 14.5. The van der Waals surface area contributed by atoms with Crippen LogP contribution in [0.5, 0.6) is 0 Å². The molecule has 0 saturated heterocycles. The summed E-state index contributed by atoms with van der Waals surface area (Å²) in [4.78, 5) is 0. The minimum absolute atomic E-state index is 0.176. The lowest BCUT2D eigenvalue weighted by molar-refractivity contribution is -0.174. The monoisotopic (exact) mass is 486 g/mol. The van der Waals surface area contributed by atoms with Crippen molar-refractivity contribution in [3.05, 3.63) is 35.6 Å². The number of hydrogen-bond donors (Lipinski definition) is 3. The number of rotatable bonds is 6. The average Bonchev–Trinajstić information content (AvgIpc) is 3.19. The third-order valence-electron chi connectivity index (χ3n) is 11.9. The summed E-state index contributed by atoms with van der Waals surface area (Å²) in [6.45, 7) is 7.42. The second-order valence-corrected chi connectivity index (χ2v) is 13.3. The molecule has 0 aromatic heterocycles. The Kier molecular flexibility index (Phi) is 7.13. The second kappa shape index (κ2) is 9.72. The summed E-state index contributed by atoms with van der Waals surface area (Å²) in [5.41, 5.74) is 0.992. The Hall–Kier alpha value is -0.970. The van der Waals surface area contributed by atoms with E-state index >= 15 is 0 Å². The Morgan fingerprint density at radius 2 is 1.57 bits per heavy atom. The predicted octanol–water partition coefficient (Wildman–Crippen LogP) is 6.66. The minimum atomic E-state index is -0.717. The maximum atomic E-state index is 14.0. The Labute approximate surface area is 211 Å². The molecule has 0 spiro atoms. The first kappa shape index (κ1) is 25.7. The van der Waals surface area contributed by atoms with Crippen molar-refractivity contribution in [3.63, 3.8) is 0 Å². The number of fused-ring (bicyclic) bond motifs is 5. The zero-order chi connectivity index (χ0) is 25.0. The number of aliphatic hydroxyl groups excluding tert-OH is 3. The molecule has 1 aromatic carbocycles. The van der Waals surface area contributed by atoms with Crippen LogP contribution in [0.1, 0.15) is 103 Å². The van der Waals surface area contributed by atoms with E-state index in [1.165, 1.54) is 38.2 Å². The summed E-state index contributed by atoms with van der Waals surface area (Å²) in [7, 11) is 0. The van der Waals surface area contributed by atoms with Gasteiger partial charge in [-0.1, -0.05) is 51.8 Å². The van der Waals surface area contributed by atoms with Gasteiger partial charge in [0.05, 0.1) is 18.3 Å². The van der Waals surface area contributed by atoms with Gasteiger partial charge in [-0.05, 0) is 110 Å². The number of halogens is 1. The van der Waals surface area contributed by atoms with Gasteiger partial charge in [0.2, 0.25) is 0 Å². The molecule has 0 bridgehead atoms. The molecule has 3 nitrogen and oxygen atoms in total. The van der Waals surface area contributed by atoms with E-state index in [-0.39, 0.29) is 17.2 Å². The van der Waals surface area contributed by atoms with Gasteiger partial charge in [-0.2, -0.15) is 0 Å². The van der Waals surface area contributed by atoms with Crippen LogP contribution in [0.25, 0.3) is 0 Å². The van der Waals surface area contributed by atoms with Crippen LogP contribution < -0.4 is 0 Å². The molecule has 5 rings (SSSR count). The highest BCUT2D eigenvalue weighted by Crippen LogP contribution is 2.68. The maximum absolute atomic E-state index is 14.0. The third-order valence-corrected chi connectivity index (χ3v) is 11.9. The van der Waals surface area contributed by atoms with Crippen LogP contribution in [0.2, 0.25) is 0 Å². The molecule has 0 radical (unpaired) electrons. The Balaban J connectivity index is 1.22. The molecule has 4 aliphatic carbocycles. The second-order valence-electron chi connectivity index (χ2n) is 13.3. The quantitative estimate of drug-likeness (QED) is 0.421. The summed E-state index contributed by atoms with van der Waals surface area (Å²) < 4.78 is 14.0. The smallest absolute Gasteiger partial charge is 0.128 e. The largest absolute Gasteiger partial charge is 0.390 e. The van der Waals surface area contributed by atoms with Gasteiger partial charge in [-0.25, -0.2) is 4.39 Å². The van der Waals surface area contributed by atoms with Crippen molar-refractivity contribution in [2.24, 2.45) is 46.3 Å². The summed E-state index contributed by atoms with van der Waals surface area (Å²) in [6, 6.07) is 6.60. The van der Waals surface area contributed by atoms with E-state index in [1.807, 2.05) is 0 Å². The van der Waals surface area contributed by atoms with Crippen LogP contribution in [0.3, 0.4) is 0 Å². The van der Waals surface area contributed by atoms with Gasteiger partial charge in [-0.15, -0.1) is 0 Å². The predicted molar refractivity (Wildman–Crippen MR) is 137 cm³/mol. The normalized spacial score (nSPS) is 44.7.